The van der Waals surface area contributed by atoms with Crippen molar-refractivity contribution in [3.8, 4) is 28.6 Å². The van der Waals surface area contributed by atoms with Gasteiger partial charge in [-0.05, 0) is 60.2 Å². The third kappa shape index (κ3) is 4.02. The summed E-state index contributed by atoms with van der Waals surface area (Å²) < 4.78 is 17.3. The van der Waals surface area contributed by atoms with Gasteiger partial charge in [-0.2, -0.15) is 5.26 Å². The topological polar surface area (TPSA) is 64.3 Å². The van der Waals surface area contributed by atoms with Crippen molar-refractivity contribution in [3.63, 3.8) is 0 Å². The largest absolute Gasteiger partial charge is 0.456 e. The summed E-state index contributed by atoms with van der Waals surface area (Å²) in [6, 6.07) is 55.9. The van der Waals surface area contributed by atoms with Crippen LogP contribution in [-0.2, 0) is 0 Å². The van der Waals surface area contributed by atoms with Gasteiger partial charge in [-0.25, -0.2) is 4.85 Å². The fraction of sp³-hybridized carbons (Fsp3) is 0. The average Bonchev–Trinajstić information content (AvgIpc) is 3.99. The lowest BCUT2D eigenvalue weighted by atomic mass is 9.95. The third-order valence-corrected chi connectivity index (χ3v) is 11.3. The molecule has 0 aliphatic heterocycles. The molecule has 0 unspecified atom stereocenters. The van der Waals surface area contributed by atoms with E-state index in [1.54, 1.807) is 6.07 Å². The molecule has 0 saturated carbocycles. The van der Waals surface area contributed by atoms with Crippen molar-refractivity contribution >= 4 is 93.2 Å². The van der Waals surface area contributed by atoms with Gasteiger partial charge in [0.15, 0.2) is 0 Å². The van der Waals surface area contributed by atoms with Crippen LogP contribution in [-0.4, -0.2) is 9.13 Å². The van der Waals surface area contributed by atoms with Gasteiger partial charge in [0, 0.05) is 48.7 Å². The Bertz CT molecular complexity index is 3730. The third-order valence-electron chi connectivity index (χ3n) is 11.3. The van der Waals surface area contributed by atoms with Crippen LogP contribution in [0.4, 0.5) is 5.69 Å². The Kier molecular flexibility index (Phi) is 6.10. The molecule has 258 valence electrons. The molecule has 56 heavy (non-hydrogen) atoms. The predicted molar refractivity (Wildman–Crippen MR) is 226 cm³/mol. The smallest absolute Gasteiger partial charge is 0.214 e. The Morgan fingerprint density at radius 1 is 0.446 bits per heavy atom. The quantitative estimate of drug-likeness (QED) is 0.171. The van der Waals surface area contributed by atoms with Gasteiger partial charge in [0.2, 0.25) is 5.69 Å². The second-order valence-corrected chi connectivity index (χ2v) is 14.2. The Balaban J connectivity index is 1.34. The van der Waals surface area contributed by atoms with Gasteiger partial charge >= 0.3 is 0 Å². The Morgan fingerprint density at radius 2 is 0.929 bits per heavy atom. The number of aromatic nitrogens is 2. The Hall–Kier alpha value is -8.06. The van der Waals surface area contributed by atoms with Gasteiger partial charge in [0.05, 0.1) is 51.6 Å². The number of hydrogen-bond donors (Lipinski definition) is 0. The number of nitriles is 1. The van der Waals surface area contributed by atoms with Gasteiger partial charge in [0.25, 0.3) is 0 Å². The molecule has 0 aliphatic rings. The maximum Gasteiger partial charge on any atom is 0.214 e. The summed E-state index contributed by atoms with van der Waals surface area (Å²) in [6.07, 6.45) is 0. The highest BCUT2D eigenvalue weighted by molar-refractivity contribution is 6.20. The van der Waals surface area contributed by atoms with Gasteiger partial charge < -0.3 is 18.0 Å². The molecule has 0 spiro atoms. The van der Waals surface area contributed by atoms with Crippen LogP contribution in [0, 0.1) is 17.9 Å². The maximum absolute atomic E-state index is 10.9. The maximum atomic E-state index is 10.9. The molecule has 0 saturated heterocycles. The van der Waals surface area contributed by atoms with E-state index in [0.29, 0.717) is 16.9 Å². The number of nitrogens with zero attached hydrogens (tertiary/aromatic N) is 4. The molecule has 0 bridgehead atoms. The first-order valence-corrected chi connectivity index (χ1v) is 18.4. The first-order valence-electron chi connectivity index (χ1n) is 18.4. The lowest BCUT2D eigenvalue weighted by molar-refractivity contribution is 0.669. The Labute approximate surface area is 318 Å². The lowest BCUT2D eigenvalue weighted by Gasteiger charge is -2.23. The fourth-order valence-corrected chi connectivity index (χ4v) is 9.01. The van der Waals surface area contributed by atoms with Crippen molar-refractivity contribution in [1.29, 1.82) is 5.26 Å². The lowest BCUT2D eigenvalue weighted by Crippen LogP contribution is -2.07. The molecule has 0 fully saturated rings. The van der Waals surface area contributed by atoms with Crippen LogP contribution < -0.4 is 0 Å². The van der Waals surface area contributed by atoms with Gasteiger partial charge in [0.1, 0.15) is 22.3 Å². The molecule has 0 amide bonds. The molecular weight excluding hydrogens is 689 g/mol. The number of para-hydroxylation sites is 4. The minimum atomic E-state index is 0.372. The molecule has 12 aromatic rings. The molecule has 0 radical (unpaired) electrons. The van der Waals surface area contributed by atoms with Gasteiger partial charge in [-0.1, -0.05) is 103 Å². The van der Waals surface area contributed by atoms with E-state index < -0.39 is 0 Å². The van der Waals surface area contributed by atoms with Crippen molar-refractivity contribution in [3.05, 3.63) is 175 Å². The number of hydrogen-bond acceptors (Lipinski definition) is 3. The van der Waals surface area contributed by atoms with Crippen LogP contribution >= 0.6 is 0 Å². The number of rotatable bonds is 3. The SMILES string of the molecule is [C-]#[N+]c1cc(C#N)c(-c2ccccc2)c(-n2c3ccccc3c3cc4oc5ccccc5c4cc32)c1-n1c2ccccc2c2cc3oc4ccccc4c3cc21. The van der Waals surface area contributed by atoms with E-state index in [1.807, 2.05) is 84.9 Å². The van der Waals surface area contributed by atoms with E-state index in [2.05, 4.69) is 86.8 Å². The second kappa shape index (κ2) is 11.2. The normalized spacial score (nSPS) is 11.9. The second-order valence-electron chi connectivity index (χ2n) is 14.2. The van der Waals surface area contributed by atoms with Gasteiger partial charge in [-0.15, -0.1) is 0 Å². The summed E-state index contributed by atoms with van der Waals surface area (Å²) in [5, 5.41) is 19.1. The summed E-state index contributed by atoms with van der Waals surface area (Å²) in [5.41, 5.74) is 10.9. The molecule has 0 atom stereocenters. The Morgan fingerprint density at radius 3 is 1.46 bits per heavy atom. The van der Waals surface area contributed by atoms with E-state index in [9.17, 15) is 5.26 Å². The van der Waals surface area contributed by atoms with Crippen LogP contribution in [0.2, 0.25) is 0 Å². The van der Waals surface area contributed by atoms with E-state index >= 15 is 0 Å². The first-order chi connectivity index (χ1) is 27.7. The zero-order valence-electron chi connectivity index (χ0n) is 29.6. The molecule has 6 heteroatoms. The van der Waals surface area contributed by atoms with Crippen LogP contribution in [0.15, 0.2) is 167 Å². The van der Waals surface area contributed by atoms with E-state index in [4.69, 9.17) is 15.4 Å². The molecule has 8 aromatic carbocycles. The monoisotopic (exact) mass is 714 g/mol. The summed E-state index contributed by atoms with van der Waals surface area (Å²) in [6.45, 7) is 8.76. The predicted octanol–water partition coefficient (Wildman–Crippen LogP) is 13.8. The zero-order valence-corrected chi connectivity index (χ0v) is 29.6. The summed E-state index contributed by atoms with van der Waals surface area (Å²) in [5.74, 6) is 0. The fourth-order valence-electron chi connectivity index (χ4n) is 9.01. The van der Waals surface area contributed by atoms with Crippen molar-refractivity contribution in [2.24, 2.45) is 0 Å². The number of benzene rings is 8. The molecule has 0 N–H and O–H groups in total. The van der Waals surface area contributed by atoms with Gasteiger partial charge in [-0.3, -0.25) is 0 Å². The average molecular weight is 715 g/mol. The van der Waals surface area contributed by atoms with Crippen LogP contribution in [0.5, 0.6) is 0 Å². The van der Waals surface area contributed by atoms with Crippen LogP contribution in [0.1, 0.15) is 5.56 Å². The highest BCUT2D eigenvalue weighted by atomic mass is 16.3. The molecular formula is C50H26N4O2. The molecule has 0 aliphatic carbocycles. The van der Waals surface area contributed by atoms with Crippen LogP contribution in [0.3, 0.4) is 0 Å². The summed E-state index contributed by atoms with van der Waals surface area (Å²) in [4.78, 5) is 4.23. The van der Waals surface area contributed by atoms with E-state index in [-0.39, 0.29) is 0 Å². The van der Waals surface area contributed by atoms with Crippen molar-refractivity contribution in [2.75, 3.05) is 0 Å². The molecule has 12 rings (SSSR count). The summed E-state index contributed by atoms with van der Waals surface area (Å²) >= 11 is 0. The van der Waals surface area contributed by atoms with E-state index in [1.165, 1.54) is 0 Å². The van der Waals surface area contributed by atoms with Crippen molar-refractivity contribution in [2.45, 2.75) is 0 Å². The highest BCUT2D eigenvalue weighted by Gasteiger charge is 2.28. The minimum absolute atomic E-state index is 0.372. The molecule has 4 aromatic heterocycles. The van der Waals surface area contributed by atoms with Crippen molar-refractivity contribution in [1.82, 2.24) is 9.13 Å². The first kappa shape index (κ1) is 30.4. The molecule has 6 nitrogen and oxygen atoms in total. The number of fused-ring (bicyclic) bond motifs is 12. The van der Waals surface area contributed by atoms with Crippen LogP contribution in [0.25, 0.3) is 115 Å². The van der Waals surface area contributed by atoms with Crippen molar-refractivity contribution < 1.29 is 8.83 Å². The zero-order chi connectivity index (χ0) is 37.1. The highest BCUT2D eigenvalue weighted by Crippen LogP contribution is 2.48. The standard InChI is InChI=1S/C50H26N4O2/c1-52-39-23-30(28-51)48(29-13-3-2-4-14-29)50(54-41-20-10-6-16-32(41)36-27-47-38(25-43(36)54)34-18-8-12-22-45(34)56-47)49(39)53-40-19-9-5-15-31(40)35-26-46-37(24-42(35)53)33-17-7-11-21-44(33)55-46/h2-27H. The minimum Gasteiger partial charge on any atom is -0.456 e. The number of furan rings is 2. The molecule has 4 heterocycles. The van der Waals surface area contributed by atoms with E-state index in [0.717, 1.165) is 104 Å². The summed E-state index contributed by atoms with van der Waals surface area (Å²) in [7, 11) is 0.